The summed E-state index contributed by atoms with van der Waals surface area (Å²) in [5.74, 6) is -1.23. The molecule has 2 aliphatic rings. The molecular formula is C15H20Cl2N2O4. The first kappa shape index (κ1) is 18.1. The molecule has 2 N–H and O–H groups in total. The van der Waals surface area contributed by atoms with Crippen molar-refractivity contribution in [3.63, 3.8) is 0 Å². The van der Waals surface area contributed by atoms with Gasteiger partial charge in [0.25, 0.3) is 5.91 Å². The highest BCUT2D eigenvalue weighted by Crippen LogP contribution is 2.72. The molecule has 2 fully saturated rings. The zero-order chi connectivity index (χ0) is 17.4. The SMILES string of the molecule is CCCOC(=O)C1C(C)(C)C1(C=C(Cl)Cl)CC1NC(=O)NC1=O. The predicted molar refractivity (Wildman–Crippen MR) is 85.8 cm³/mol. The van der Waals surface area contributed by atoms with Crippen LogP contribution < -0.4 is 10.6 Å². The second kappa shape index (κ2) is 6.32. The van der Waals surface area contributed by atoms with E-state index in [2.05, 4.69) is 10.6 Å². The maximum Gasteiger partial charge on any atom is 0.322 e. The maximum atomic E-state index is 12.4. The van der Waals surface area contributed by atoms with Crippen LogP contribution in [0.1, 0.15) is 33.6 Å². The summed E-state index contributed by atoms with van der Waals surface area (Å²) in [7, 11) is 0. The zero-order valence-electron chi connectivity index (χ0n) is 13.2. The van der Waals surface area contributed by atoms with Gasteiger partial charge in [0.05, 0.1) is 12.5 Å². The van der Waals surface area contributed by atoms with Crippen LogP contribution >= 0.6 is 23.2 Å². The van der Waals surface area contributed by atoms with Crippen molar-refractivity contribution >= 4 is 41.1 Å². The van der Waals surface area contributed by atoms with Gasteiger partial charge in [0.15, 0.2) is 0 Å². The summed E-state index contributed by atoms with van der Waals surface area (Å²) in [5, 5.41) is 4.73. The van der Waals surface area contributed by atoms with Gasteiger partial charge in [0.1, 0.15) is 10.5 Å². The van der Waals surface area contributed by atoms with Gasteiger partial charge in [0.2, 0.25) is 0 Å². The molecule has 0 spiro atoms. The van der Waals surface area contributed by atoms with Gasteiger partial charge >= 0.3 is 12.0 Å². The predicted octanol–water partition coefficient (Wildman–Crippen LogP) is 2.50. The van der Waals surface area contributed by atoms with Crippen LogP contribution in [0.15, 0.2) is 10.6 Å². The third kappa shape index (κ3) is 3.19. The number of rotatable bonds is 6. The molecule has 23 heavy (non-hydrogen) atoms. The van der Waals surface area contributed by atoms with Crippen molar-refractivity contribution in [2.45, 2.75) is 39.7 Å². The summed E-state index contributed by atoms with van der Waals surface area (Å²) >= 11 is 11.7. The highest BCUT2D eigenvalue weighted by molar-refractivity contribution is 6.55. The Labute approximate surface area is 144 Å². The van der Waals surface area contributed by atoms with E-state index in [4.69, 9.17) is 27.9 Å². The monoisotopic (exact) mass is 362 g/mol. The minimum absolute atomic E-state index is 0.0219. The van der Waals surface area contributed by atoms with Gasteiger partial charge in [-0.1, -0.05) is 44.0 Å². The fourth-order valence-corrected chi connectivity index (χ4v) is 3.91. The molecule has 3 unspecified atom stereocenters. The molecule has 1 aliphatic heterocycles. The van der Waals surface area contributed by atoms with Crippen molar-refractivity contribution in [3.8, 4) is 0 Å². The van der Waals surface area contributed by atoms with Gasteiger partial charge in [-0.15, -0.1) is 0 Å². The summed E-state index contributed by atoms with van der Waals surface area (Å²) in [5.41, 5.74) is -1.23. The smallest absolute Gasteiger partial charge is 0.322 e. The largest absolute Gasteiger partial charge is 0.465 e. The minimum atomic E-state index is -0.740. The van der Waals surface area contributed by atoms with Crippen molar-refractivity contribution in [1.82, 2.24) is 10.6 Å². The number of hydrogen-bond donors (Lipinski definition) is 2. The van der Waals surface area contributed by atoms with Crippen LogP contribution in [0, 0.1) is 16.7 Å². The van der Waals surface area contributed by atoms with Crippen molar-refractivity contribution in [2.75, 3.05) is 6.61 Å². The second-order valence-electron chi connectivity index (χ2n) is 6.52. The molecule has 128 valence electrons. The molecule has 2 rings (SSSR count). The number of carbonyl (C=O) groups excluding carboxylic acids is 3. The summed E-state index contributed by atoms with van der Waals surface area (Å²) in [4.78, 5) is 35.5. The molecule has 0 bridgehead atoms. The lowest BCUT2D eigenvalue weighted by Crippen LogP contribution is -2.33. The molecular weight excluding hydrogens is 343 g/mol. The molecule has 8 heteroatoms. The number of amides is 3. The summed E-state index contributed by atoms with van der Waals surface area (Å²) in [6.45, 7) is 6.03. The first-order valence-corrected chi connectivity index (χ1v) is 8.23. The molecule has 1 saturated heterocycles. The molecule has 1 saturated carbocycles. The van der Waals surface area contributed by atoms with Crippen molar-refractivity contribution in [3.05, 3.63) is 10.6 Å². The standard InChI is InChI=1S/C15H20Cl2N2O4/c1-4-5-23-12(21)10-14(2,3)15(10,7-9(16)17)6-8-11(20)19-13(22)18-8/h7-8,10H,4-6H2,1-3H3,(H2,18,19,20,22). The molecule has 1 heterocycles. The fourth-order valence-electron chi connectivity index (χ4n) is 3.52. The van der Waals surface area contributed by atoms with Crippen LogP contribution in [0.3, 0.4) is 0 Å². The Balaban J connectivity index is 2.26. The number of ether oxygens (including phenoxy) is 1. The Hall–Kier alpha value is -1.27. The Bertz CT molecular complexity index is 572. The van der Waals surface area contributed by atoms with Gasteiger partial charge < -0.3 is 10.1 Å². The second-order valence-corrected chi connectivity index (χ2v) is 7.52. The first-order valence-electron chi connectivity index (χ1n) is 7.47. The molecule has 0 aromatic heterocycles. The van der Waals surface area contributed by atoms with Crippen molar-refractivity contribution in [1.29, 1.82) is 0 Å². The number of carbonyl (C=O) groups is 3. The highest BCUT2D eigenvalue weighted by atomic mass is 35.5. The van der Waals surface area contributed by atoms with E-state index in [9.17, 15) is 14.4 Å². The normalized spacial score (nSPS) is 31.2. The van der Waals surface area contributed by atoms with E-state index in [0.29, 0.717) is 6.61 Å². The number of halogens is 2. The van der Waals surface area contributed by atoms with E-state index in [0.717, 1.165) is 6.42 Å². The molecule has 3 atom stereocenters. The minimum Gasteiger partial charge on any atom is -0.465 e. The van der Waals surface area contributed by atoms with Gasteiger partial charge in [-0.25, -0.2) is 4.79 Å². The number of hydrogen-bond acceptors (Lipinski definition) is 4. The highest BCUT2D eigenvalue weighted by Gasteiger charge is 2.74. The molecule has 1 aliphatic carbocycles. The van der Waals surface area contributed by atoms with Gasteiger partial charge in [-0.05, 0) is 24.3 Å². The number of nitrogens with one attached hydrogen (secondary N) is 2. The topological polar surface area (TPSA) is 84.5 Å². The third-order valence-corrected chi connectivity index (χ3v) is 5.02. The van der Waals surface area contributed by atoms with E-state index < -0.39 is 34.7 Å². The molecule has 6 nitrogen and oxygen atoms in total. The third-order valence-electron chi connectivity index (χ3n) is 4.80. The van der Waals surface area contributed by atoms with Crippen LogP contribution in [0.2, 0.25) is 0 Å². The fraction of sp³-hybridized carbons (Fsp3) is 0.667. The maximum absolute atomic E-state index is 12.4. The lowest BCUT2D eigenvalue weighted by Gasteiger charge is -2.19. The van der Waals surface area contributed by atoms with E-state index >= 15 is 0 Å². The quantitative estimate of drug-likeness (QED) is 0.561. The number of imide groups is 1. The van der Waals surface area contributed by atoms with E-state index in [1.54, 1.807) is 6.08 Å². The van der Waals surface area contributed by atoms with Gasteiger partial charge in [0, 0.05) is 5.41 Å². The van der Waals surface area contributed by atoms with Gasteiger partial charge in [-0.2, -0.15) is 0 Å². The zero-order valence-corrected chi connectivity index (χ0v) is 14.8. The Morgan fingerprint density at radius 3 is 2.48 bits per heavy atom. The average Bonchev–Trinajstić information content (AvgIpc) is 2.68. The van der Waals surface area contributed by atoms with Crippen LogP contribution in [0.25, 0.3) is 0 Å². The molecule has 0 aromatic rings. The Kier molecular flexibility index (Phi) is 4.97. The summed E-state index contributed by atoms with van der Waals surface area (Å²) < 4.78 is 5.28. The molecule has 0 aromatic carbocycles. The lowest BCUT2D eigenvalue weighted by molar-refractivity contribution is -0.146. The van der Waals surface area contributed by atoms with Crippen LogP contribution in [-0.2, 0) is 14.3 Å². The lowest BCUT2D eigenvalue weighted by atomic mass is 9.88. The molecule has 3 amide bonds. The van der Waals surface area contributed by atoms with Crippen LogP contribution in [0.4, 0.5) is 4.79 Å². The van der Waals surface area contributed by atoms with Crippen LogP contribution in [0.5, 0.6) is 0 Å². The number of esters is 1. The van der Waals surface area contributed by atoms with E-state index in [-0.39, 0.29) is 16.9 Å². The summed E-state index contributed by atoms with van der Waals surface area (Å²) in [6, 6.07) is -1.27. The first-order chi connectivity index (χ1) is 10.7. The van der Waals surface area contributed by atoms with Gasteiger partial charge in [-0.3, -0.25) is 14.9 Å². The number of allylic oxidation sites excluding steroid dienone is 1. The molecule has 0 radical (unpaired) electrons. The van der Waals surface area contributed by atoms with E-state index in [1.807, 2.05) is 20.8 Å². The van der Waals surface area contributed by atoms with E-state index in [1.165, 1.54) is 0 Å². The van der Waals surface area contributed by atoms with Crippen molar-refractivity contribution < 1.29 is 19.1 Å². The Morgan fingerprint density at radius 2 is 2.00 bits per heavy atom. The average molecular weight is 363 g/mol. The Morgan fingerprint density at radius 1 is 1.35 bits per heavy atom. The number of urea groups is 1. The van der Waals surface area contributed by atoms with Crippen molar-refractivity contribution in [2.24, 2.45) is 16.7 Å². The summed E-state index contributed by atoms with van der Waals surface area (Å²) in [6.07, 6.45) is 2.54. The van der Waals surface area contributed by atoms with Crippen LogP contribution in [-0.4, -0.2) is 30.6 Å².